The van der Waals surface area contributed by atoms with Crippen LogP contribution in [0.2, 0.25) is 5.02 Å². The first kappa shape index (κ1) is 10.1. The van der Waals surface area contributed by atoms with E-state index >= 15 is 0 Å². The summed E-state index contributed by atoms with van der Waals surface area (Å²) < 4.78 is 0. The van der Waals surface area contributed by atoms with Crippen molar-refractivity contribution >= 4 is 29.1 Å². The maximum atomic E-state index is 5.92. The second-order valence-electron chi connectivity index (χ2n) is 3.47. The standard InChI is InChI=1S/C10H13ClN2S/c1-6-10(5-12)14-9-3-2-7(11)4-8(9)13-6/h2-4,6,10,13H,5,12H2,1H3. The fraction of sp³-hybridized carbons (Fsp3) is 0.400. The van der Waals surface area contributed by atoms with Gasteiger partial charge < -0.3 is 11.1 Å². The van der Waals surface area contributed by atoms with Crippen molar-refractivity contribution in [2.75, 3.05) is 11.9 Å². The van der Waals surface area contributed by atoms with E-state index in [0.717, 1.165) is 10.7 Å². The van der Waals surface area contributed by atoms with Gasteiger partial charge in [-0.05, 0) is 25.1 Å². The van der Waals surface area contributed by atoms with Gasteiger partial charge in [0, 0.05) is 33.4 Å². The van der Waals surface area contributed by atoms with E-state index in [1.54, 1.807) is 0 Å². The zero-order valence-corrected chi connectivity index (χ0v) is 9.53. The second-order valence-corrected chi connectivity index (χ2v) is 5.18. The van der Waals surface area contributed by atoms with Crippen LogP contribution in [0, 0.1) is 0 Å². The molecule has 4 heteroatoms. The van der Waals surface area contributed by atoms with E-state index in [1.807, 2.05) is 30.0 Å². The Morgan fingerprint density at radius 2 is 2.36 bits per heavy atom. The van der Waals surface area contributed by atoms with Crippen molar-refractivity contribution in [1.29, 1.82) is 0 Å². The van der Waals surface area contributed by atoms with Crippen molar-refractivity contribution in [2.24, 2.45) is 5.73 Å². The third kappa shape index (κ3) is 1.85. The van der Waals surface area contributed by atoms with Crippen LogP contribution in [-0.4, -0.2) is 17.8 Å². The molecule has 14 heavy (non-hydrogen) atoms. The smallest absolute Gasteiger partial charge is 0.0495 e. The molecule has 1 aliphatic rings. The van der Waals surface area contributed by atoms with Gasteiger partial charge in [-0.3, -0.25) is 0 Å². The topological polar surface area (TPSA) is 38.0 Å². The summed E-state index contributed by atoms with van der Waals surface area (Å²) in [6, 6.07) is 6.33. The third-order valence-electron chi connectivity index (χ3n) is 2.39. The minimum absolute atomic E-state index is 0.399. The molecule has 1 aromatic rings. The highest BCUT2D eigenvalue weighted by atomic mass is 35.5. The molecule has 0 aliphatic carbocycles. The van der Waals surface area contributed by atoms with E-state index in [2.05, 4.69) is 12.2 Å². The van der Waals surface area contributed by atoms with Gasteiger partial charge in [0.25, 0.3) is 0 Å². The van der Waals surface area contributed by atoms with E-state index in [0.29, 0.717) is 17.8 Å². The Kier molecular flexibility index (Phi) is 2.91. The van der Waals surface area contributed by atoms with Gasteiger partial charge in [-0.25, -0.2) is 0 Å². The van der Waals surface area contributed by atoms with Gasteiger partial charge in [0.05, 0.1) is 0 Å². The highest BCUT2D eigenvalue weighted by molar-refractivity contribution is 8.00. The average molecular weight is 229 g/mol. The van der Waals surface area contributed by atoms with Crippen molar-refractivity contribution in [3.8, 4) is 0 Å². The molecule has 0 spiro atoms. The van der Waals surface area contributed by atoms with Crippen molar-refractivity contribution in [1.82, 2.24) is 0 Å². The first-order chi connectivity index (χ1) is 6.70. The lowest BCUT2D eigenvalue weighted by Gasteiger charge is -2.31. The minimum atomic E-state index is 0.399. The molecule has 76 valence electrons. The molecule has 0 aromatic heterocycles. The Hall–Kier alpha value is -0.380. The molecule has 0 saturated heterocycles. The number of nitrogens with one attached hydrogen (secondary N) is 1. The van der Waals surface area contributed by atoms with Crippen LogP contribution in [0.5, 0.6) is 0 Å². The molecular formula is C10H13ClN2S. The molecule has 0 amide bonds. The Labute approximate surface area is 93.2 Å². The van der Waals surface area contributed by atoms with Crippen LogP contribution in [0.4, 0.5) is 5.69 Å². The first-order valence-electron chi connectivity index (χ1n) is 4.63. The molecule has 0 bridgehead atoms. The largest absolute Gasteiger partial charge is 0.380 e. The van der Waals surface area contributed by atoms with Gasteiger partial charge in [0.15, 0.2) is 0 Å². The zero-order valence-electron chi connectivity index (χ0n) is 7.96. The molecular weight excluding hydrogens is 216 g/mol. The molecule has 2 nitrogen and oxygen atoms in total. The average Bonchev–Trinajstić information content (AvgIpc) is 2.16. The highest BCUT2D eigenvalue weighted by Gasteiger charge is 2.24. The molecule has 0 radical (unpaired) electrons. The summed E-state index contributed by atoms with van der Waals surface area (Å²) in [5, 5.41) is 4.64. The van der Waals surface area contributed by atoms with E-state index < -0.39 is 0 Å². The quantitative estimate of drug-likeness (QED) is 0.776. The van der Waals surface area contributed by atoms with Crippen molar-refractivity contribution in [3.63, 3.8) is 0 Å². The predicted molar refractivity (Wildman–Crippen MR) is 63.2 cm³/mol. The number of rotatable bonds is 1. The lowest BCUT2D eigenvalue weighted by Crippen LogP contribution is -2.36. The first-order valence-corrected chi connectivity index (χ1v) is 5.89. The zero-order chi connectivity index (χ0) is 10.1. The van der Waals surface area contributed by atoms with Crippen molar-refractivity contribution < 1.29 is 0 Å². The van der Waals surface area contributed by atoms with E-state index in [4.69, 9.17) is 17.3 Å². The third-order valence-corrected chi connectivity index (χ3v) is 4.14. The lowest BCUT2D eigenvalue weighted by atomic mass is 10.2. The van der Waals surface area contributed by atoms with Gasteiger partial charge in [-0.1, -0.05) is 11.6 Å². The molecule has 2 rings (SSSR count). The number of anilines is 1. The van der Waals surface area contributed by atoms with Crippen LogP contribution in [0.3, 0.4) is 0 Å². The van der Waals surface area contributed by atoms with Gasteiger partial charge >= 0.3 is 0 Å². The summed E-state index contributed by atoms with van der Waals surface area (Å²) in [5.41, 5.74) is 6.82. The predicted octanol–water partition coefficient (Wildman–Crippen LogP) is 2.57. The highest BCUT2D eigenvalue weighted by Crippen LogP contribution is 2.38. The minimum Gasteiger partial charge on any atom is -0.380 e. The van der Waals surface area contributed by atoms with Crippen LogP contribution in [0.1, 0.15) is 6.92 Å². The summed E-state index contributed by atoms with van der Waals surface area (Å²) in [5.74, 6) is 0. The summed E-state index contributed by atoms with van der Waals surface area (Å²) in [4.78, 5) is 1.24. The molecule has 1 aromatic carbocycles. The molecule has 0 fully saturated rings. The van der Waals surface area contributed by atoms with E-state index in [-0.39, 0.29) is 0 Å². The summed E-state index contributed by atoms with van der Waals surface area (Å²) in [7, 11) is 0. The van der Waals surface area contributed by atoms with E-state index in [9.17, 15) is 0 Å². The van der Waals surface area contributed by atoms with Crippen LogP contribution in [0.15, 0.2) is 23.1 Å². The van der Waals surface area contributed by atoms with E-state index in [1.165, 1.54) is 4.90 Å². The number of thioether (sulfide) groups is 1. The summed E-state index contributed by atoms with van der Waals surface area (Å²) in [6.45, 7) is 2.84. The number of hydrogen-bond donors (Lipinski definition) is 2. The number of hydrogen-bond acceptors (Lipinski definition) is 3. The van der Waals surface area contributed by atoms with Crippen LogP contribution < -0.4 is 11.1 Å². The summed E-state index contributed by atoms with van der Waals surface area (Å²) in [6.07, 6.45) is 0. The Morgan fingerprint density at radius 1 is 1.57 bits per heavy atom. The molecule has 1 heterocycles. The molecule has 0 saturated carbocycles. The van der Waals surface area contributed by atoms with Crippen LogP contribution >= 0.6 is 23.4 Å². The molecule has 1 aliphatic heterocycles. The Balaban J connectivity index is 2.30. The van der Waals surface area contributed by atoms with Crippen LogP contribution in [-0.2, 0) is 0 Å². The molecule has 2 unspecified atom stereocenters. The number of benzene rings is 1. The number of fused-ring (bicyclic) bond motifs is 1. The van der Waals surface area contributed by atoms with Gasteiger partial charge in [-0.15, -0.1) is 11.8 Å². The van der Waals surface area contributed by atoms with Crippen LogP contribution in [0.25, 0.3) is 0 Å². The normalized spacial score (nSPS) is 25.4. The molecule has 3 N–H and O–H groups in total. The SMILES string of the molecule is CC1Nc2cc(Cl)ccc2SC1CN. The monoisotopic (exact) mass is 228 g/mol. The maximum Gasteiger partial charge on any atom is 0.0495 e. The van der Waals surface area contributed by atoms with Gasteiger partial charge in [0.1, 0.15) is 0 Å². The van der Waals surface area contributed by atoms with Gasteiger partial charge in [0.2, 0.25) is 0 Å². The fourth-order valence-electron chi connectivity index (χ4n) is 1.57. The lowest BCUT2D eigenvalue weighted by molar-refractivity contribution is 0.723. The Morgan fingerprint density at radius 3 is 3.07 bits per heavy atom. The molecule has 2 atom stereocenters. The number of nitrogens with two attached hydrogens (primary N) is 1. The second kappa shape index (κ2) is 4.01. The Bertz CT molecular complexity index is 343. The van der Waals surface area contributed by atoms with Crippen molar-refractivity contribution in [3.05, 3.63) is 23.2 Å². The number of halogens is 1. The fourth-order valence-corrected chi connectivity index (χ4v) is 2.83. The van der Waals surface area contributed by atoms with Crippen molar-refractivity contribution in [2.45, 2.75) is 23.1 Å². The van der Waals surface area contributed by atoms with Gasteiger partial charge in [-0.2, -0.15) is 0 Å². The summed E-state index contributed by atoms with van der Waals surface area (Å²) >= 11 is 7.75. The maximum absolute atomic E-state index is 5.92.